The van der Waals surface area contributed by atoms with Gasteiger partial charge in [-0.25, -0.2) is 9.36 Å². The van der Waals surface area contributed by atoms with Crippen LogP contribution in [0.2, 0.25) is 0 Å². The number of carbonyl (C=O) groups excluding carboxylic acids is 1. The number of aromatic hydroxyl groups is 1. The monoisotopic (exact) mass is 526 g/mol. The van der Waals surface area contributed by atoms with E-state index in [4.69, 9.17) is 30.2 Å². The lowest BCUT2D eigenvalue weighted by Gasteiger charge is -2.06. The lowest BCUT2D eigenvalue weighted by atomic mass is 10.1. The fourth-order valence-corrected chi connectivity index (χ4v) is 2.93. The van der Waals surface area contributed by atoms with Crippen molar-refractivity contribution in [1.82, 2.24) is 0 Å². The first kappa shape index (κ1) is 28.6. The third kappa shape index (κ3) is 9.88. The average molecular weight is 526 g/mol. The van der Waals surface area contributed by atoms with Gasteiger partial charge in [-0.15, -0.1) is 5.11 Å². The maximum Gasteiger partial charge on any atom is 0.466 e. The van der Waals surface area contributed by atoms with Crippen LogP contribution in [0.15, 0.2) is 101 Å². The largest absolute Gasteiger partial charge is 0.507 e. The SMILES string of the molecule is NN=Nc1ccccc1C(=O)Nc1ccccc1.O=C(O)c1cc2ccccc2cc1O.O=P(O)(O)O. The number of aromatic carboxylic acids is 1. The summed E-state index contributed by atoms with van der Waals surface area (Å²) in [6, 6.07) is 26.3. The molecule has 0 heterocycles. The van der Waals surface area contributed by atoms with Crippen LogP contribution in [-0.4, -0.2) is 36.8 Å². The Kier molecular flexibility index (Phi) is 10.4. The summed E-state index contributed by atoms with van der Waals surface area (Å²) in [5.41, 5.74) is 1.52. The molecule has 0 radical (unpaired) electrons. The molecule has 13 heteroatoms. The molecule has 8 N–H and O–H groups in total. The number of carboxylic acids is 1. The number of nitrogens with zero attached hydrogens (tertiary/aromatic N) is 2. The molecule has 192 valence electrons. The number of phenols is 1. The van der Waals surface area contributed by atoms with Crippen molar-refractivity contribution >= 4 is 41.8 Å². The first-order valence-corrected chi connectivity index (χ1v) is 11.9. The highest BCUT2D eigenvalue weighted by Crippen LogP contribution is 2.26. The number of hydrogen-bond acceptors (Lipinski definition) is 6. The molecule has 0 aliphatic heterocycles. The van der Waals surface area contributed by atoms with Gasteiger partial charge in [-0.05, 0) is 47.2 Å². The standard InChI is InChI=1S/C13H12N4O.C11H8O3.H3O4P/c14-17-16-12-9-5-4-8-11(12)13(18)15-10-6-2-1-3-7-10;12-10-6-8-4-2-1-3-7(8)5-9(10)11(13)14;1-5(2,3)4/h1-9H,(H2,14,16)(H,15,18);1-6,12H,(H,13,14);(H3,1,2,3,4). The fourth-order valence-electron chi connectivity index (χ4n) is 2.93. The molecule has 0 spiro atoms. The molecule has 0 bridgehead atoms. The zero-order valence-electron chi connectivity index (χ0n) is 19.0. The molecule has 0 fully saturated rings. The molecular formula is C24H23N4O8P. The minimum Gasteiger partial charge on any atom is -0.507 e. The molecule has 0 saturated carbocycles. The molecule has 0 unspecified atom stereocenters. The second kappa shape index (κ2) is 13.5. The molecule has 0 aromatic heterocycles. The summed E-state index contributed by atoms with van der Waals surface area (Å²) >= 11 is 0. The highest BCUT2D eigenvalue weighted by Gasteiger charge is 2.11. The van der Waals surface area contributed by atoms with E-state index in [0.717, 1.165) is 16.5 Å². The summed E-state index contributed by atoms with van der Waals surface area (Å²) in [5, 5.41) is 29.5. The third-order valence-electron chi connectivity index (χ3n) is 4.44. The maximum absolute atomic E-state index is 12.1. The van der Waals surface area contributed by atoms with Gasteiger partial charge in [-0.2, -0.15) is 0 Å². The number of phosphoric acid groups is 1. The van der Waals surface area contributed by atoms with Crippen LogP contribution >= 0.6 is 7.82 Å². The molecule has 0 saturated heterocycles. The number of hydrogen-bond donors (Lipinski definition) is 7. The number of anilines is 1. The first-order chi connectivity index (χ1) is 17.5. The van der Waals surface area contributed by atoms with Crippen molar-refractivity contribution in [3.05, 3.63) is 102 Å². The Bertz CT molecular complexity index is 1430. The first-order valence-electron chi connectivity index (χ1n) is 10.3. The molecule has 0 aliphatic rings. The van der Waals surface area contributed by atoms with Crippen molar-refractivity contribution < 1.29 is 39.0 Å². The van der Waals surface area contributed by atoms with Crippen LogP contribution in [0.3, 0.4) is 0 Å². The van der Waals surface area contributed by atoms with E-state index < -0.39 is 13.8 Å². The van der Waals surface area contributed by atoms with E-state index in [1.807, 2.05) is 48.5 Å². The topological polar surface area (TPSA) is 215 Å². The lowest BCUT2D eigenvalue weighted by Crippen LogP contribution is -2.11. The minimum atomic E-state index is -4.64. The Morgan fingerprint density at radius 1 is 0.784 bits per heavy atom. The highest BCUT2D eigenvalue weighted by atomic mass is 31.2. The van der Waals surface area contributed by atoms with E-state index in [9.17, 15) is 14.7 Å². The number of nitrogens with two attached hydrogens (primary N) is 1. The molecule has 0 atom stereocenters. The van der Waals surface area contributed by atoms with Gasteiger partial charge in [0.05, 0.1) is 5.56 Å². The number of nitrogens with one attached hydrogen (secondary N) is 1. The predicted octanol–water partition coefficient (Wildman–Crippen LogP) is 4.21. The van der Waals surface area contributed by atoms with E-state index >= 15 is 0 Å². The molecule has 37 heavy (non-hydrogen) atoms. The average Bonchev–Trinajstić information content (AvgIpc) is 2.84. The summed E-state index contributed by atoms with van der Waals surface area (Å²) in [6.45, 7) is 0. The van der Waals surface area contributed by atoms with Crippen molar-refractivity contribution in [1.29, 1.82) is 0 Å². The van der Waals surface area contributed by atoms with Crippen molar-refractivity contribution in [2.24, 2.45) is 16.2 Å². The zero-order chi connectivity index (χ0) is 27.4. The van der Waals surface area contributed by atoms with Crippen LogP contribution < -0.4 is 11.2 Å². The summed E-state index contributed by atoms with van der Waals surface area (Å²) in [6.07, 6.45) is 0. The number of carboxylic acid groups (broad SMARTS) is 1. The zero-order valence-corrected chi connectivity index (χ0v) is 19.9. The van der Waals surface area contributed by atoms with Crippen LogP contribution in [0.25, 0.3) is 10.8 Å². The molecule has 0 aliphatic carbocycles. The van der Waals surface area contributed by atoms with E-state index in [2.05, 4.69) is 15.7 Å². The van der Waals surface area contributed by atoms with Crippen LogP contribution in [-0.2, 0) is 4.57 Å². The Morgan fingerprint density at radius 2 is 1.30 bits per heavy atom. The van der Waals surface area contributed by atoms with E-state index in [1.165, 1.54) is 12.1 Å². The van der Waals surface area contributed by atoms with Gasteiger partial charge in [0.2, 0.25) is 0 Å². The quantitative estimate of drug-likeness (QED) is 0.0876. The molecule has 4 aromatic rings. The van der Waals surface area contributed by atoms with Gasteiger partial charge in [-0.3, -0.25) is 4.79 Å². The van der Waals surface area contributed by atoms with Gasteiger partial charge in [-0.1, -0.05) is 59.8 Å². The maximum atomic E-state index is 12.1. The van der Waals surface area contributed by atoms with Gasteiger partial charge in [0.1, 0.15) is 17.0 Å². The second-order valence-corrected chi connectivity index (χ2v) is 8.11. The highest BCUT2D eigenvalue weighted by molar-refractivity contribution is 7.45. The van der Waals surface area contributed by atoms with Crippen LogP contribution in [0.1, 0.15) is 20.7 Å². The molecule has 4 rings (SSSR count). The predicted molar refractivity (Wildman–Crippen MR) is 136 cm³/mol. The lowest BCUT2D eigenvalue weighted by molar-refractivity contribution is 0.0693. The molecule has 4 aromatic carbocycles. The van der Waals surface area contributed by atoms with Crippen molar-refractivity contribution in [2.45, 2.75) is 0 Å². The molecular weight excluding hydrogens is 503 g/mol. The van der Waals surface area contributed by atoms with Gasteiger partial charge in [0, 0.05) is 5.69 Å². The number of carbonyl (C=O) groups is 2. The van der Waals surface area contributed by atoms with Crippen LogP contribution in [0.4, 0.5) is 11.4 Å². The van der Waals surface area contributed by atoms with Crippen molar-refractivity contribution in [3.63, 3.8) is 0 Å². The van der Waals surface area contributed by atoms with Crippen LogP contribution in [0, 0.1) is 0 Å². The van der Waals surface area contributed by atoms with Gasteiger partial charge in [0.25, 0.3) is 5.91 Å². The summed E-state index contributed by atoms with van der Waals surface area (Å²) < 4.78 is 8.88. The Labute approximate surface area is 210 Å². The smallest absolute Gasteiger partial charge is 0.466 e. The second-order valence-electron chi connectivity index (χ2n) is 7.09. The number of amides is 1. The minimum absolute atomic E-state index is 0.0660. The van der Waals surface area contributed by atoms with E-state index in [0.29, 0.717) is 11.3 Å². The number of benzene rings is 4. The number of fused-ring (bicyclic) bond motifs is 1. The third-order valence-corrected chi connectivity index (χ3v) is 4.44. The number of para-hydroxylation sites is 1. The molecule has 1 amide bonds. The Morgan fingerprint density at radius 3 is 1.86 bits per heavy atom. The summed E-state index contributed by atoms with van der Waals surface area (Å²) in [4.78, 5) is 44.3. The summed E-state index contributed by atoms with van der Waals surface area (Å²) in [5.74, 6) is 3.45. The Hall–Kier alpha value is -4.61. The van der Waals surface area contributed by atoms with E-state index in [-0.39, 0.29) is 17.2 Å². The normalized spacial score (nSPS) is 10.6. The number of rotatable bonds is 4. The summed E-state index contributed by atoms with van der Waals surface area (Å²) in [7, 11) is -4.64. The van der Waals surface area contributed by atoms with Crippen molar-refractivity contribution in [2.75, 3.05) is 5.32 Å². The Balaban J connectivity index is 0.000000225. The van der Waals surface area contributed by atoms with Gasteiger partial charge in [0.15, 0.2) is 0 Å². The van der Waals surface area contributed by atoms with Gasteiger partial charge < -0.3 is 36.1 Å². The van der Waals surface area contributed by atoms with Gasteiger partial charge >= 0.3 is 13.8 Å². The van der Waals surface area contributed by atoms with Crippen molar-refractivity contribution in [3.8, 4) is 5.75 Å². The van der Waals surface area contributed by atoms with E-state index in [1.54, 1.807) is 30.3 Å². The van der Waals surface area contributed by atoms with Crippen LogP contribution in [0.5, 0.6) is 5.75 Å². The molecule has 12 nitrogen and oxygen atoms in total. The fraction of sp³-hybridized carbons (Fsp3) is 0.